The summed E-state index contributed by atoms with van der Waals surface area (Å²) in [4.78, 5) is 9.62. The van der Waals surface area contributed by atoms with Crippen molar-refractivity contribution < 1.29 is 14.0 Å². The summed E-state index contributed by atoms with van der Waals surface area (Å²) in [5.41, 5.74) is 0. The highest BCUT2D eigenvalue weighted by Gasteiger charge is 2.19. The molecule has 0 heterocycles. The molecule has 0 bridgehead atoms. The third-order valence-corrected chi connectivity index (χ3v) is 6.15. The lowest BCUT2D eigenvalue weighted by molar-refractivity contribution is 0.268. The van der Waals surface area contributed by atoms with Gasteiger partial charge in [0.25, 0.3) is 0 Å². The minimum Gasteiger partial charge on any atom is -0.316 e. The Kier molecular flexibility index (Phi) is 13.8. The summed E-state index contributed by atoms with van der Waals surface area (Å²) in [6, 6.07) is 0. The van der Waals surface area contributed by atoms with Crippen LogP contribution in [0, 0.1) is 0 Å². The van der Waals surface area contributed by atoms with Crippen LogP contribution in [0.2, 0.25) is 0 Å². The second kappa shape index (κ2) is 13.5. The summed E-state index contributed by atoms with van der Waals surface area (Å²) in [5, 5.41) is 0. The van der Waals surface area contributed by atoms with Crippen molar-refractivity contribution in [2.45, 2.75) is 78.1 Å². The van der Waals surface area contributed by atoms with E-state index in [1.807, 2.05) is 0 Å². The Bertz CT molecular complexity index is 217. The largest absolute Gasteiger partial charge is 0.386 e. The smallest absolute Gasteiger partial charge is 0.316 e. The summed E-state index contributed by atoms with van der Waals surface area (Å²) in [5.74, 6) is 0.729. The zero-order chi connectivity index (χ0) is 14.4. The quantitative estimate of drug-likeness (QED) is 0.326. The molecule has 0 aromatic carbocycles. The zero-order valence-corrected chi connectivity index (χ0v) is 14.3. The van der Waals surface area contributed by atoms with E-state index in [0.29, 0.717) is 6.61 Å². The summed E-state index contributed by atoms with van der Waals surface area (Å²) >= 11 is 1.09. The minimum absolute atomic E-state index is 0.417. The van der Waals surface area contributed by atoms with Crippen LogP contribution in [-0.4, -0.2) is 17.3 Å². The van der Waals surface area contributed by atoms with Gasteiger partial charge in [-0.15, -0.1) is 0 Å². The molecule has 0 aliphatic carbocycles. The molecular formula is C14H31O3PS. The van der Waals surface area contributed by atoms with E-state index in [4.69, 9.17) is 4.52 Å². The lowest BCUT2D eigenvalue weighted by atomic mass is 10.2. The molecular weight excluding hydrogens is 279 g/mol. The van der Waals surface area contributed by atoms with E-state index in [1.165, 1.54) is 38.5 Å². The molecule has 5 heteroatoms. The SMILES string of the molecule is CCCCCCCOP(=O)(O)SCCCCCCC. The van der Waals surface area contributed by atoms with E-state index in [-0.39, 0.29) is 0 Å². The Morgan fingerprint density at radius 3 is 2.00 bits per heavy atom. The van der Waals surface area contributed by atoms with Gasteiger partial charge in [0.05, 0.1) is 6.61 Å². The van der Waals surface area contributed by atoms with Crippen LogP contribution in [0.15, 0.2) is 0 Å². The van der Waals surface area contributed by atoms with Crippen molar-refractivity contribution in [3.63, 3.8) is 0 Å². The van der Waals surface area contributed by atoms with Gasteiger partial charge in [0.1, 0.15) is 0 Å². The van der Waals surface area contributed by atoms with Crippen molar-refractivity contribution in [2.75, 3.05) is 12.4 Å². The van der Waals surface area contributed by atoms with Gasteiger partial charge in [0.2, 0.25) is 0 Å². The fourth-order valence-corrected chi connectivity index (χ4v) is 4.33. The fraction of sp³-hybridized carbons (Fsp3) is 1.00. The molecule has 0 fully saturated rings. The number of hydrogen-bond acceptors (Lipinski definition) is 3. The van der Waals surface area contributed by atoms with Crippen molar-refractivity contribution in [3.05, 3.63) is 0 Å². The van der Waals surface area contributed by atoms with Crippen molar-refractivity contribution in [1.29, 1.82) is 0 Å². The maximum Gasteiger partial charge on any atom is 0.386 e. The van der Waals surface area contributed by atoms with Gasteiger partial charge in [-0.3, -0.25) is 0 Å². The van der Waals surface area contributed by atoms with Gasteiger partial charge in [0, 0.05) is 5.75 Å². The predicted octanol–water partition coefficient (Wildman–Crippen LogP) is 5.78. The Hall–Kier alpha value is 0.500. The lowest BCUT2D eigenvalue weighted by Crippen LogP contribution is -1.92. The molecule has 0 radical (unpaired) electrons. The normalized spacial score (nSPS) is 14.5. The molecule has 0 amide bonds. The molecule has 0 rings (SSSR count). The second-order valence-electron chi connectivity index (χ2n) is 4.96. The van der Waals surface area contributed by atoms with Crippen LogP contribution >= 0.6 is 18.2 Å². The van der Waals surface area contributed by atoms with Gasteiger partial charge < -0.3 is 9.42 Å². The van der Waals surface area contributed by atoms with Gasteiger partial charge in [0.15, 0.2) is 0 Å². The van der Waals surface area contributed by atoms with Gasteiger partial charge >= 0.3 is 6.80 Å². The maximum atomic E-state index is 11.7. The van der Waals surface area contributed by atoms with Crippen LogP contribution in [0.25, 0.3) is 0 Å². The molecule has 0 aromatic rings. The highest BCUT2D eigenvalue weighted by Crippen LogP contribution is 2.55. The van der Waals surface area contributed by atoms with E-state index >= 15 is 0 Å². The first-order valence-electron chi connectivity index (χ1n) is 7.74. The molecule has 1 atom stereocenters. The van der Waals surface area contributed by atoms with E-state index in [0.717, 1.165) is 42.8 Å². The Morgan fingerprint density at radius 1 is 0.895 bits per heavy atom. The maximum absolute atomic E-state index is 11.7. The van der Waals surface area contributed by atoms with Crippen LogP contribution in [-0.2, 0) is 9.09 Å². The van der Waals surface area contributed by atoms with Gasteiger partial charge in [-0.1, -0.05) is 65.2 Å². The highest BCUT2D eigenvalue weighted by molar-refractivity contribution is 8.54. The van der Waals surface area contributed by atoms with Crippen molar-refractivity contribution in [1.82, 2.24) is 0 Å². The average molecular weight is 310 g/mol. The predicted molar refractivity (Wildman–Crippen MR) is 85.8 cm³/mol. The minimum atomic E-state index is -3.39. The van der Waals surface area contributed by atoms with Gasteiger partial charge in [-0.2, -0.15) is 0 Å². The molecule has 116 valence electrons. The number of unbranched alkanes of at least 4 members (excludes halogenated alkanes) is 8. The first-order chi connectivity index (χ1) is 9.12. The first-order valence-corrected chi connectivity index (χ1v) is 10.9. The number of hydrogen-bond donors (Lipinski definition) is 1. The lowest BCUT2D eigenvalue weighted by Gasteiger charge is -2.11. The van der Waals surface area contributed by atoms with Crippen molar-refractivity contribution >= 4 is 18.2 Å². The summed E-state index contributed by atoms with van der Waals surface area (Å²) < 4.78 is 16.8. The molecule has 1 N–H and O–H groups in total. The molecule has 0 saturated carbocycles. The van der Waals surface area contributed by atoms with Crippen LogP contribution in [0.5, 0.6) is 0 Å². The van der Waals surface area contributed by atoms with Crippen LogP contribution in [0.4, 0.5) is 0 Å². The Balaban J connectivity index is 3.39. The third kappa shape index (κ3) is 14.7. The molecule has 0 aliphatic heterocycles. The molecule has 0 aliphatic rings. The van der Waals surface area contributed by atoms with E-state index in [9.17, 15) is 9.46 Å². The van der Waals surface area contributed by atoms with Crippen LogP contribution in [0.1, 0.15) is 78.1 Å². The highest BCUT2D eigenvalue weighted by atomic mass is 32.7. The molecule has 0 saturated heterocycles. The van der Waals surface area contributed by atoms with Gasteiger partial charge in [-0.05, 0) is 24.2 Å². The van der Waals surface area contributed by atoms with Crippen LogP contribution in [0.3, 0.4) is 0 Å². The molecule has 3 nitrogen and oxygen atoms in total. The third-order valence-electron chi connectivity index (χ3n) is 3.00. The summed E-state index contributed by atoms with van der Waals surface area (Å²) in [6.07, 6.45) is 11.5. The van der Waals surface area contributed by atoms with E-state index in [1.54, 1.807) is 0 Å². The van der Waals surface area contributed by atoms with Crippen molar-refractivity contribution in [3.8, 4) is 0 Å². The number of rotatable bonds is 14. The Morgan fingerprint density at radius 2 is 1.42 bits per heavy atom. The molecule has 0 spiro atoms. The topological polar surface area (TPSA) is 46.5 Å². The summed E-state index contributed by atoms with van der Waals surface area (Å²) in [6.45, 7) is 1.39. The van der Waals surface area contributed by atoms with Gasteiger partial charge in [-0.25, -0.2) is 4.57 Å². The average Bonchev–Trinajstić information content (AvgIpc) is 2.38. The Labute approximate surface area is 123 Å². The van der Waals surface area contributed by atoms with Crippen molar-refractivity contribution in [2.24, 2.45) is 0 Å². The second-order valence-corrected chi connectivity index (χ2v) is 8.98. The summed E-state index contributed by atoms with van der Waals surface area (Å²) in [7, 11) is 0. The first kappa shape index (κ1) is 19.5. The zero-order valence-electron chi connectivity index (χ0n) is 12.6. The van der Waals surface area contributed by atoms with Crippen LogP contribution < -0.4 is 0 Å². The molecule has 1 unspecified atom stereocenters. The fourth-order valence-electron chi connectivity index (χ4n) is 1.81. The standard InChI is InChI=1S/C14H31O3PS/c1-3-5-7-9-11-13-17-18(15,16)19-14-12-10-8-6-4-2/h3-14H2,1-2H3,(H,15,16). The van der Waals surface area contributed by atoms with E-state index < -0.39 is 6.80 Å². The monoisotopic (exact) mass is 310 g/mol. The molecule has 0 aromatic heterocycles. The molecule has 19 heavy (non-hydrogen) atoms. The van der Waals surface area contributed by atoms with E-state index in [2.05, 4.69) is 13.8 Å².